The van der Waals surface area contributed by atoms with Gasteiger partial charge in [-0.05, 0) is 26.2 Å². The SMILES string of the molecule is [CH2]C(CCCOCCCC)OC. The normalized spacial score (nSPS) is 13.2. The van der Waals surface area contributed by atoms with E-state index in [1.807, 2.05) is 0 Å². The van der Waals surface area contributed by atoms with Gasteiger partial charge in [-0.25, -0.2) is 0 Å². The van der Waals surface area contributed by atoms with Gasteiger partial charge in [0.25, 0.3) is 0 Å². The minimum Gasteiger partial charge on any atom is -0.381 e. The van der Waals surface area contributed by atoms with Gasteiger partial charge >= 0.3 is 0 Å². The smallest absolute Gasteiger partial charge is 0.0573 e. The molecule has 0 rings (SSSR count). The molecule has 0 spiro atoms. The fraction of sp³-hybridized carbons (Fsp3) is 0.900. The predicted molar refractivity (Wildman–Crippen MR) is 51.1 cm³/mol. The van der Waals surface area contributed by atoms with Crippen molar-refractivity contribution in [3.8, 4) is 0 Å². The maximum absolute atomic E-state index is 5.39. The maximum Gasteiger partial charge on any atom is 0.0573 e. The average Bonchev–Trinajstić information content (AvgIpc) is 2.10. The second kappa shape index (κ2) is 9.01. The van der Waals surface area contributed by atoms with E-state index in [1.165, 1.54) is 6.42 Å². The topological polar surface area (TPSA) is 18.5 Å². The molecule has 0 aliphatic heterocycles. The van der Waals surface area contributed by atoms with Crippen LogP contribution in [0.1, 0.15) is 32.6 Å². The Hall–Kier alpha value is -0.0800. The van der Waals surface area contributed by atoms with Crippen LogP contribution in [0.25, 0.3) is 0 Å². The minimum atomic E-state index is 0.125. The molecule has 12 heavy (non-hydrogen) atoms. The van der Waals surface area contributed by atoms with Gasteiger partial charge < -0.3 is 9.47 Å². The summed E-state index contributed by atoms with van der Waals surface area (Å²) in [5, 5.41) is 0. The number of ether oxygens (including phenoxy) is 2. The van der Waals surface area contributed by atoms with Gasteiger partial charge in [-0.15, -0.1) is 0 Å². The maximum atomic E-state index is 5.39. The summed E-state index contributed by atoms with van der Waals surface area (Å²) in [6.45, 7) is 7.72. The molecule has 2 nitrogen and oxygen atoms in total. The van der Waals surface area contributed by atoms with Crippen LogP contribution in [0.15, 0.2) is 0 Å². The van der Waals surface area contributed by atoms with Crippen molar-refractivity contribution in [2.75, 3.05) is 20.3 Å². The summed E-state index contributed by atoms with van der Waals surface area (Å²) in [7, 11) is 1.69. The summed E-state index contributed by atoms with van der Waals surface area (Å²) in [5.41, 5.74) is 0. The van der Waals surface area contributed by atoms with Gasteiger partial charge in [0.2, 0.25) is 0 Å². The fourth-order valence-corrected chi connectivity index (χ4v) is 0.879. The first-order chi connectivity index (χ1) is 5.81. The van der Waals surface area contributed by atoms with Crippen molar-refractivity contribution in [3.63, 3.8) is 0 Å². The number of unbranched alkanes of at least 4 members (excludes halogenated alkanes) is 1. The third-order valence-corrected chi connectivity index (χ3v) is 1.79. The molecule has 0 saturated carbocycles. The predicted octanol–water partition coefficient (Wildman–Crippen LogP) is 2.43. The number of methoxy groups -OCH3 is 1. The van der Waals surface area contributed by atoms with Crippen molar-refractivity contribution in [2.45, 2.75) is 38.7 Å². The van der Waals surface area contributed by atoms with Crippen LogP contribution < -0.4 is 0 Å². The third kappa shape index (κ3) is 8.02. The molecular weight excluding hydrogens is 152 g/mol. The van der Waals surface area contributed by atoms with E-state index in [-0.39, 0.29) is 6.10 Å². The van der Waals surface area contributed by atoms with E-state index >= 15 is 0 Å². The molecule has 0 N–H and O–H groups in total. The van der Waals surface area contributed by atoms with Crippen LogP contribution in [-0.4, -0.2) is 26.4 Å². The van der Waals surface area contributed by atoms with E-state index in [4.69, 9.17) is 9.47 Å². The summed E-state index contributed by atoms with van der Waals surface area (Å²) in [6, 6.07) is 0. The number of rotatable bonds is 8. The highest BCUT2D eigenvalue weighted by Gasteiger charge is 1.97. The number of hydrogen-bond acceptors (Lipinski definition) is 2. The molecule has 1 unspecified atom stereocenters. The lowest BCUT2D eigenvalue weighted by molar-refractivity contribution is 0.0961. The van der Waals surface area contributed by atoms with Gasteiger partial charge in [0.05, 0.1) is 6.10 Å². The highest BCUT2D eigenvalue weighted by molar-refractivity contribution is 4.58. The summed E-state index contributed by atoms with van der Waals surface area (Å²) in [6.07, 6.45) is 4.53. The average molecular weight is 173 g/mol. The fourth-order valence-electron chi connectivity index (χ4n) is 0.879. The Balaban J connectivity index is 2.90. The molecule has 0 heterocycles. The molecule has 0 aromatic heterocycles. The Bertz CT molecular complexity index is 83.9. The largest absolute Gasteiger partial charge is 0.381 e. The molecule has 0 amide bonds. The third-order valence-electron chi connectivity index (χ3n) is 1.79. The molecule has 2 heteroatoms. The van der Waals surface area contributed by atoms with Crippen LogP contribution in [0, 0.1) is 6.92 Å². The molecule has 0 fully saturated rings. The molecule has 73 valence electrons. The van der Waals surface area contributed by atoms with Gasteiger partial charge in [-0.2, -0.15) is 0 Å². The second-order valence-electron chi connectivity index (χ2n) is 2.97. The lowest BCUT2D eigenvalue weighted by atomic mass is 10.2. The lowest BCUT2D eigenvalue weighted by Crippen LogP contribution is -2.07. The van der Waals surface area contributed by atoms with E-state index in [0.717, 1.165) is 32.5 Å². The zero-order valence-corrected chi connectivity index (χ0v) is 8.34. The Kier molecular flexibility index (Phi) is 8.95. The van der Waals surface area contributed by atoms with E-state index in [1.54, 1.807) is 7.11 Å². The van der Waals surface area contributed by atoms with Gasteiger partial charge in [0, 0.05) is 20.3 Å². The molecule has 0 bridgehead atoms. The van der Waals surface area contributed by atoms with Crippen LogP contribution in [0.4, 0.5) is 0 Å². The van der Waals surface area contributed by atoms with Gasteiger partial charge in [0.15, 0.2) is 0 Å². The highest BCUT2D eigenvalue weighted by Crippen LogP contribution is 1.99. The number of hydrogen-bond donors (Lipinski definition) is 0. The highest BCUT2D eigenvalue weighted by atomic mass is 16.5. The van der Waals surface area contributed by atoms with Crippen LogP contribution in [0.3, 0.4) is 0 Å². The van der Waals surface area contributed by atoms with Crippen LogP contribution in [0.2, 0.25) is 0 Å². The standard InChI is InChI=1S/C10H21O2/c1-4-5-8-12-9-6-7-10(2)11-3/h10H,2,4-9H2,1,3H3. The lowest BCUT2D eigenvalue weighted by Gasteiger charge is -2.08. The molecule has 0 aliphatic carbocycles. The molecule has 0 aromatic rings. The monoisotopic (exact) mass is 173 g/mol. The first-order valence-corrected chi connectivity index (χ1v) is 4.74. The summed E-state index contributed by atoms with van der Waals surface area (Å²) in [5.74, 6) is 0. The molecule has 0 aromatic carbocycles. The quantitative estimate of drug-likeness (QED) is 0.525. The summed E-state index contributed by atoms with van der Waals surface area (Å²) in [4.78, 5) is 0. The molecule has 1 atom stereocenters. The Morgan fingerprint density at radius 1 is 1.25 bits per heavy atom. The van der Waals surface area contributed by atoms with Gasteiger partial charge in [-0.3, -0.25) is 0 Å². The molecule has 1 radical (unpaired) electrons. The molecule has 0 saturated heterocycles. The Morgan fingerprint density at radius 3 is 2.50 bits per heavy atom. The van der Waals surface area contributed by atoms with Crippen molar-refractivity contribution in [1.29, 1.82) is 0 Å². The van der Waals surface area contributed by atoms with Crippen LogP contribution in [-0.2, 0) is 9.47 Å². The van der Waals surface area contributed by atoms with Crippen molar-refractivity contribution >= 4 is 0 Å². The van der Waals surface area contributed by atoms with Crippen molar-refractivity contribution < 1.29 is 9.47 Å². The van der Waals surface area contributed by atoms with Crippen LogP contribution >= 0.6 is 0 Å². The molecular formula is C10H21O2. The van der Waals surface area contributed by atoms with E-state index < -0.39 is 0 Å². The van der Waals surface area contributed by atoms with Crippen molar-refractivity contribution in [2.24, 2.45) is 0 Å². The first-order valence-electron chi connectivity index (χ1n) is 4.74. The summed E-state index contributed by atoms with van der Waals surface area (Å²) < 4.78 is 10.4. The van der Waals surface area contributed by atoms with E-state index in [0.29, 0.717) is 0 Å². The van der Waals surface area contributed by atoms with E-state index in [9.17, 15) is 0 Å². The zero-order valence-electron chi connectivity index (χ0n) is 8.34. The first kappa shape index (κ1) is 11.9. The van der Waals surface area contributed by atoms with Crippen molar-refractivity contribution in [3.05, 3.63) is 6.92 Å². The van der Waals surface area contributed by atoms with Crippen molar-refractivity contribution in [1.82, 2.24) is 0 Å². The van der Waals surface area contributed by atoms with Gasteiger partial charge in [-0.1, -0.05) is 13.3 Å². The minimum absolute atomic E-state index is 0.125. The zero-order chi connectivity index (χ0) is 9.23. The van der Waals surface area contributed by atoms with E-state index in [2.05, 4.69) is 13.8 Å². The summed E-state index contributed by atoms with van der Waals surface area (Å²) >= 11 is 0. The Morgan fingerprint density at radius 2 is 1.92 bits per heavy atom. The van der Waals surface area contributed by atoms with Crippen LogP contribution in [0.5, 0.6) is 0 Å². The second-order valence-corrected chi connectivity index (χ2v) is 2.97. The van der Waals surface area contributed by atoms with Gasteiger partial charge in [0.1, 0.15) is 0 Å². The molecule has 0 aliphatic rings. The Labute approximate surface area is 76.3 Å².